The van der Waals surface area contributed by atoms with Crippen LogP contribution in [-0.2, 0) is 0 Å². The molecule has 0 radical (unpaired) electrons. The first-order chi connectivity index (χ1) is 10.2. The molecule has 0 aliphatic carbocycles. The van der Waals surface area contributed by atoms with Gasteiger partial charge >= 0.3 is 0 Å². The fourth-order valence-electron chi connectivity index (χ4n) is 2.21. The highest BCUT2D eigenvalue weighted by Gasteiger charge is 2.07. The summed E-state index contributed by atoms with van der Waals surface area (Å²) in [5, 5.41) is 1.19. The van der Waals surface area contributed by atoms with Gasteiger partial charge in [-0.1, -0.05) is 12.1 Å². The number of fused-ring (bicyclic) bond motifs is 1. The molecule has 0 spiro atoms. The molecule has 0 aliphatic heterocycles. The lowest BCUT2D eigenvalue weighted by molar-refractivity contribution is 0.355. The van der Waals surface area contributed by atoms with E-state index in [0.29, 0.717) is 11.5 Å². The van der Waals surface area contributed by atoms with Crippen molar-refractivity contribution in [3.8, 4) is 22.6 Å². The second kappa shape index (κ2) is 5.58. The first-order valence-electron chi connectivity index (χ1n) is 6.36. The van der Waals surface area contributed by atoms with Crippen molar-refractivity contribution < 1.29 is 9.47 Å². The fourth-order valence-corrected chi connectivity index (χ4v) is 2.35. The lowest BCUT2D eigenvalue weighted by Gasteiger charge is -2.10. The minimum atomic E-state index is 0.251. The maximum absolute atomic E-state index is 5.80. The summed E-state index contributed by atoms with van der Waals surface area (Å²) in [5.74, 6) is 1.40. The lowest BCUT2D eigenvalue weighted by Crippen LogP contribution is -1.91. The second-order valence-corrected chi connectivity index (χ2v) is 4.82. The highest BCUT2D eigenvalue weighted by atomic mass is 35.5. The maximum atomic E-state index is 5.80. The van der Waals surface area contributed by atoms with Gasteiger partial charge in [-0.3, -0.25) is 0 Å². The van der Waals surface area contributed by atoms with Crippen LogP contribution in [-0.4, -0.2) is 24.2 Å². The van der Waals surface area contributed by atoms with Gasteiger partial charge in [-0.25, -0.2) is 9.97 Å². The SMILES string of the molecule is COc1ccc(-c2ccc3nc(Cl)ncc3c2)cc1OC. The van der Waals surface area contributed by atoms with Crippen molar-refractivity contribution in [1.29, 1.82) is 0 Å². The third-order valence-electron chi connectivity index (χ3n) is 3.27. The zero-order valence-corrected chi connectivity index (χ0v) is 12.4. The summed E-state index contributed by atoms with van der Waals surface area (Å²) in [6.07, 6.45) is 1.72. The summed E-state index contributed by atoms with van der Waals surface area (Å²) < 4.78 is 10.6. The van der Waals surface area contributed by atoms with Gasteiger partial charge in [0.05, 0.1) is 19.7 Å². The van der Waals surface area contributed by atoms with E-state index < -0.39 is 0 Å². The Balaban J connectivity index is 2.09. The van der Waals surface area contributed by atoms with E-state index in [1.54, 1.807) is 20.4 Å². The van der Waals surface area contributed by atoms with Crippen LogP contribution in [0.4, 0.5) is 0 Å². The van der Waals surface area contributed by atoms with Crippen LogP contribution in [0.25, 0.3) is 22.0 Å². The van der Waals surface area contributed by atoms with E-state index in [0.717, 1.165) is 22.0 Å². The molecule has 0 fully saturated rings. The summed E-state index contributed by atoms with van der Waals surface area (Å²) >= 11 is 5.80. The molecule has 0 saturated heterocycles. The second-order valence-electron chi connectivity index (χ2n) is 4.48. The zero-order valence-electron chi connectivity index (χ0n) is 11.6. The molecule has 0 N–H and O–H groups in total. The first kappa shape index (κ1) is 13.6. The first-order valence-corrected chi connectivity index (χ1v) is 6.74. The van der Waals surface area contributed by atoms with Gasteiger partial charge in [-0.15, -0.1) is 0 Å². The van der Waals surface area contributed by atoms with Crippen LogP contribution in [0.3, 0.4) is 0 Å². The molecule has 0 saturated carbocycles. The van der Waals surface area contributed by atoms with Crippen LogP contribution in [0.1, 0.15) is 0 Å². The average molecular weight is 301 g/mol. The van der Waals surface area contributed by atoms with Crippen LogP contribution in [0.2, 0.25) is 5.28 Å². The van der Waals surface area contributed by atoms with E-state index in [1.807, 2.05) is 36.4 Å². The molecule has 3 rings (SSSR count). The number of methoxy groups -OCH3 is 2. The fraction of sp³-hybridized carbons (Fsp3) is 0.125. The van der Waals surface area contributed by atoms with Crippen molar-refractivity contribution in [3.63, 3.8) is 0 Å². The Morgan fingerprint density at radius 3 is 2.38 bits per heavy atom. The summed E-state index contributed by atoms with van der Waals surface area (Å²) in [7, 11) is 3.24. The third-order valence-corrected chi connectivity index (χ3v) is 3.45. The van der Waals surface area contributed by atoms with Crippen LogP contribution in [0.5, 0.6) is 11.5 Å². The molecule has 1 aromatic heterocycles. The van der Waals surface area contributed by atoms with E-state index in [2.05, 4.69) is 9.97 Å². The van der Waals surface area contributed by atoms with Crippen LogP contribution >= 0.6 is 11.6 Å². The van der Waals surface area contributed by atoms with Crippen molar-refractivity contribution in [1.82, 2.24) is 9.97 Å². The monoisotopic (exact) mass is 300 g/mol. The number of benzene rings is 2. The molecule has 0 unspecified atom stereocenters. The van der Waals surface area contributed by atoms with E-state index >= 15 is 0 Å². The Morgan fingerprint density at radius 2 is 1.62 bits per heavy atom. The summed E-state index contributed by atoms with van der Waals surface area (Å²) in [6, 6.07) is 11.8. The minimum Gasteiger partial charge on any atom is -0.493 e. The van der Waals surface area contributed by atoms with Crippen molar-refractivity contribution in [3.05, 3.63) is 47.9 Å². The third kappa shape index (κ3) is 2.62. The van der Waals surface area contributed by atoms with Crippen LogP contribution in [0, 0.1) is 0 Å². The molecular formula is C16H13ClN2O2. The Morgan fingerprint density at radius 1 is 0.905 bits per heavy atom. The van der Waals surface area contributed by atoms with Crippen molar-refractivity contribution in [2.45, 2.75) is 0 Å². The number of halogens is 1. The molecule has 3 aromatic rings. The number of hydrogen-bond donors (Lipinski definition) is 0. The molecule has 0 amide bonds. The highest BCUT2D eigenvalue weighted by Crippen LogP contribution is 2.33. The number of ether oxygens (including phenoxy) is 2. The normalized spacial score (nSPS) is 10.6. The van der Waals surface area contributed by atoms with Crippen molar-refractivity contribution >= 4 is 22.5 Å². The predicted molar refractivity (Wildman–Crippen MR) is 83.1 cm³/mol. The lowest BCUT2D eigenvalue weighted by atomic mass is 10.0. The predicted octanol–water partition coefficient (Wildman–Crippen LogP) is 3.97. The zero-order chi connectivity index (χ0) is 14.8. The Hall–Kier alpha value is -2.33. The van der Waals surface area contributed by atoms with Gasteiger partial charge in [-0.05, 0) is 47.0 Å². The van der Waals surface area contributed by atoms with Crippen LogP contribution in [0.15, 0.2) is 42.6 Å². The van der Waals surface area contributed by atoms with E-state index in [1.165, 1.54) is 0 Å². The molecule has 0 bridgehead atoms. The maximum Gasteiger partial charge on any atom is 0.222 e. The molecule has 0 atom stereocenters. The van der Waals surface area contributed by atoms with E-state index in [4.69, 9.17) is 21.1 Å². The topological polar surface area (TPSA) is 44.2 Å². The molecular weight excluding hydrogens is 288 g/mol. The summed E-state index contributed by atoms with van der Waals surface area (Å²) in [5.41, 5.74) is 2.90. The number of rotatable bonds is 3. The Bertz CT molecular complexity index is 805. The quantitative estimate of drug-likeness (QED) is 0.687. The molecule has 21 heavy (non-hydrogen) atoms. The van der Waals surface area contributed by atoms with Gasteiger partial charge < -0.3 is 9.47 Å². The minimum absolute atomic E-state index is 0.251. The molecule has 106 valence electrons. The van der Waals surface area contributed by atoms with Gasteiger partial charge in [-0.2, -0.15) is 0 Å². The molecule has 1 heterocycles. The molecule has 5 heteroatoms. The highest BCUT2D eigenvalue weighted by molar-refractivity contribution is 6.28. The molecule has 4 nitrogen and oxygen atoms in total. The number of hydrogen-bond acceptors (Lipinski definition) is 4. The largest absolute Gasteiger partial charge is 0.493 e. The van der Waals surface area contributed by atoms with Gasteiger partial charge in [0.25, 0.3) is 0 Å². The summed E-state index contributed by atoms with van der Waals surface area (Å²) in [4.78, 5) is 8.19. The van der Waals surface area contributed by atoms with E-state index in [-0.39, 0.29) is 5.28 Å². The van der Waals surface area contributed by atoms with Gasteiger partial charge in [0, 0.05) is 11.6 Å². The number of nitrogens with zero attached hydrogens (tertiary/aromatic N) is 2. The molecule has 0 aliphatic rings. The smallest absolute Gasteiger partial charge is 0.222 e. The van der Waals surface area contributed by atoms with Crippen LogP contribution < -0.4 is 9.47 Å². The van der Waals surface area contributed by atoms with Gasteiger partial charge in [0.1, 0.15) is 0 Å². The Kier molecular flexibility index (Phi) is 3.62. The molecule has 2 aromatic carbocycles. The van der Waals surface area contributed by atoms with Gasteiger partial charge in [0.15, 0.2) is 11.5 Å². The number of aromatic nitrogens is 2. The van der Waals surface area contributed by atoms with Gasteiger partial charge in [0.2, 0.25) is 5.28 Å². The standard InChI is InChI=1S/C16H13ClN2O2/c1-20-14-6-4-11(8-15(14)21-2)10-3-5-13-12(7-10)9-18-16(17)19-13/h3-9H,1-2H3. The van der Waals surface area contributed by atoms with E-state index in [9.17, 15) is 0 Å². The van der Waals surface area contributed by atoms with Crippen molar-refractivity contribution in [2.24, 2.45) is 0 Å². The Labute approximate surface area is 127 Å². The average Bonchev–Trinajstić information content (AvgIpc) is 2.53. The van der Waals surface area contributed by atoms with Crippen molar-refractivity contribution in [2.75, 3.05) is 14.2 Å². The summed E-state index contributed by atoms with van der Waals surface area (Å²) in [6.45, 7) is 0.